The zero-order valence-corrected chi connectivity index (χ0v) is 18.2. The zero-order chi connectivity index (χ0) is 22.9. The summed E-state index contributed by atoms with van der Waals surface area (Å²) in [5, 5.41) is 6.07. The molecule has 2 amide bonds. The molecule has 0 spiro atoms. The third-order valence-corrected chi connectivity index (χ3v) is 5.93. The van der Waals surface area contributed by atoms with Crippen molar-refractivity contribution >= 4 is 23.5 Å². The number of benzene rings is 2. The molecule has 0 saturated carbocycles. The molecule has 168 valence electrons. The summed E-state index contributed by atoms with van der Waals surface area (Å²) < 4.78 is 5.27. The van der Waals surface area contributed by atoms with Crippen LogP contribution in [0.3, 0.4) is 0 Å². The van der Waals surface area contributed by atoms with E-state index in [1.165, 1.54) is 0 Å². The predicted octanol–water partition coefficient (Wildman–Crippen LogP) is 2.31. The maximum absolute atomic E-state index is 12.6. The van der Waals surface area contributed by atoms with Gasteiger partial charge in [0.2, 0.25) is 5.95 Å². The molecule has 0 aliphatic carbocycles. The molecule has 5 rings (SSSR count). The molecular formula is C24H24N6O3. The van der Waals surface area contributed by atoms with Crippen molar-refractivity contribution in [2.75, 3.05) is 25.5 Å². The summed E-state index contributed by atoms with van der Waals surface area (Å²) in [6.07, 6.45) is 2.54. The van der Waals surface area contributed by atoms with E-state index >= 15 is 0 Å². The molecule has 1 fully saturated rings. The number of hydrogen-bond donors (Lipinski definition) is 3. The van der Waals surface area contributed by atoms with Gasteiger partial charge in [0.05, 0.1) is 18.4 Å². The van der Waals surface area contributed by atoms with Crippen molar-refractivity contribution in [3.63, 3.8) is 0 Å². The van der Waals surface area contributed by atoms with Gasteiger partial charge in [0.1, 0.15) is 5.75 Å². The largest absolute Gasteiger partial charge is 0.497 e. The summed E-state index contributed by atoms with van der Waals surface area (Å²) in [5.74, 6) is 0.801. The molecule has 1 unspecified atom stereocenters. The quantitative estimate of drug-likeness (QED) is 0.564. The van der Waals surface area contributed by atoms with Crippen LogP contribution in [0.5, 0.6) is 5.75 Å². The number of ether oxygens (including phenoxy) is 1. The lowest BCUT2D eigenvalue weighted by Gasteiger charge is -2.16. The van der Waals surface area contributed by atoms with Crippen LogP contribution in [0.15, 0.2) is 48.7 Å². The van der Waals surface area contributed by atoms with Crippen LogP contribution < -0.4 is 21.1 Å². The van der Waals surface area contributed by atoms with E-state index in [-0.39, 0.29) is 17.9 Å². The lowest BCUT2D eigenvalue weighted by molar-refractivity contribution is 0.0790. The number of carbonyl (C=O) groups is 2. The maximum Gasteiger partial charge on any atom is 0.253 e. The molecule has 2 aliphatic rings. The fraction of sp³-hybridized carbons (Fsp3) is 0.250. The van der Waals surface area contributed by atoms with Crippen LogP contribution >= 0.6 is 0 Å². The van der Waals surface area contributed by atoms with Gasteiger partial charge in [0.25, 0.3) is 11.8 Å². The number of carbonyl (C=O) groups excluding carboxylic acids is 2. The van der Waals surface area contributed by atoms with Crippen LogP contribution in [0.4, 0.5) is 11.6 Å². The number of nitrogens with zero attached hydrogens (tertiary/aromatic N) is 3. The molecule has 9 nitrogen and oxygen atoms in total. The maximum atomic E-state index is 12.6. The lowest BCUT2D eigenvalue weighted by atomic mass is 10.0. The molecule has 0 bridgehead atoms. The Morgan fingerprint density at radius 1 is 1.21 bits per heavy atom. The third-order valence-electron chi connectivity index (χ3n) is 5.93. The van der Waals surface area contributed by atoms with Gasteiger partial charge in [0, 0.05) is 54.3 Å². The first-order valence-corrected chi connectivity index (χ1v) is 10.8. The molecule has 0 radical (unpaired) electrons. The van der Waals surface area contributed by atoms with Crippen molar-refractivity contribution in [1.82, 2.24) is 20.2 Å². The Bertz CT molecular complexity index is 1230. The van der Waals surface area contributed by atoms with Crippen LogP contribution in [0, 0.1) is 0 Å². The average molecular weight is 444 g/mol. The molecule has 2 aliphatic heterocycles. The Balaban J connectivity index is 1.39. The fourth-order valence-electron chi connectivity index (χ4n) is 4.12. The number of anilines is 2. The molecule has 1 aromatic heterocycles. The lowest BCUT2D eigenvalue weighted by Crippen LogP contribution is -2.31. The molecule has 4 N–H and O–H groups in total. The van der Waals surface area contributed by atoms with Crippen LogP contribution in [0.2, 0.25) is 0 Å². The van der Waals surface area contributed by atoms with Gasteiger partial charge in [-0.25, -0.2) is 9.97 Å². The van der Waals surface area contributed by atoms with Crippen molar-refractivity contribution in [1.29, 1.82) is 0 Å². The fourth-order valence-corrected chi connectivity index (χ4v) is 4.12. The van der Waals surface area contributed by atoms with Crippen LogP contribution in [0.25, 0.3) is 11.3 Å². The third kappa shape index (κ3) is 4.10. The van der Waals surface area contributed by atoms with E-state index in [0.717, 1.165) is 23.2 Å². The summed E-state index contributed by atoms with van der Waals surface area (Å²) >= 11 is 0. The minimum Gasteiger partial charge on any atom is -0.497 e. The Kier molecular flexibility index (Phi) is 5.39. The van der Waals surface area contributed by atoms with E-state index in [4.69, 9.17) is 10.5 Å². The Labute approximate surface area is 191 Å². The number of rotatable bonds is 4. The number of nitrogens with one attached hydrogen (secondary N) is 2. The van der Waals surface area contributed by atoms with E-state index in [1.54, 1.807) is 42.5 Å². The van der Waals surface area contributed by atoms with Gasteiger partial charge in [0.15, 0.2) is 0 Å². The number of fused-ring (bicyclic) bond motifs is 3. The van der Waals surface area contributed by atoms with Crippen LogP contribution in [-0.4, -0.2) is 52.9 Å². The standard InChI is InChI=1S/C24H24N6O3/c1-33-18-6-7-19-20(10-18)22(31)26-11-15-12-27-24(29-21(15)19)28-17-4-2-14(3-5-17)23(32)30-9-8-16(25)13-30/h2-7,10,12,16H,8-9,11,13,25H2,1H3,(H,26,31)(H,27,28,29). The average Bonchev–Trinajstić information content (AvgIpc) is 3.23. The number of aromatic nitrogens is 2. The summed E-state index contributed by atoms with van der Waals surface area (Å²) in [6, 6.07) is 12.6. The number of nitrogens with two attached hydrogens (primary N) is 1. The highest BCUT2D eigenvalue weighted by Gasteiger charge is 2.25. The first-order valence-electron chi connectivity index (χ1n) is 10.8. The van der Waals surface area contributed by atoms with Gasteiger partial charge in [-0.2, -0.15) is 0 Å². The Hall–Kier alpha value is -3.98. The number of amides is 2. The van der Waals surface area contributed by atoms with E-state index in [2.05, 4.69) is 20.6 Å². The summed E-state index contributed by atoms with van der Waals surface area (Å²) in [5.41, 5.74) is 10.0. The minimum absolute atomic E-state index is 0.0139. The summed E-state index contributed by atoms with van der Waals surface area (Å²) in [4.78, 5) is 36.0. The summed E-state index contributed by atoms with van der Waals surface area (Å²) in [7, 11) is 1.56. The van der Waals surface area contributed by atoms with Gasteiger partial charge < -0.3 is 26.0 Å². The smallest absolute Gasteiger partial charge is 0.253 e. The second-order valence-corrected chi connectivity index (χ2v) is 8.16. The van der Waals surface area contributed by atoms with Gasteiger partial charge in [-0.1, -0.05) is 0 Å². The van der Waals surface area contributed by atoms with E-state index in [0.29, 0.717) is 48.2 Å². The Morgan fingerprint density at radius 3 is 2.76 bits per heavy atom. The molecule has 9 heteroatoms. The van der Waals surface area contributed by atoms with Crippen molar-refractivity contribution in [3.05, 3.63) is 65.4 Å². The first-order chi connectivity index (χ1) is 16.0. The van der Waals surface area contributed by atoms with Crippen LogP contribution in [0.1, 0.15) is 32.7 Å². The highest BCUT2D eigenvalue weighted by molar-refractivity contribution is 6.02. The summed E-state index contributed by atoms with van der Waals surface area (Å²) in [6.45, 7) is 1.61. The van der Waals surface area contributed by atoms with Crippen molar-refractivity contribution in [3.8, 4) is 17.0 Å². The topological polar surface area (TPSA) is 122 Å². The first kappa shape index (κ1) is 20.9. The van der Waals surface area contributed by atoms with Crippen molar-refractivity contribution in [2.24, 2.45) is 5.73 Å². The molecular weight excluding hydrogens is 420 g/mol. The van der Waals surface area contributed by atoms with E-state index in [1.807, 2.05) is 18.2 Å². The molecule has 33 heavy (non-hydrogen) atoms. The second kappa shape index (κ2) is 8.51. The van der Waals surface area contributed by atoms with E-state index in [9.17, 15) is 9.59 Å². The van der Waals surface area contributed by atoms with Crippen molar-refractivity contribution in [2.45, 2.75) is 19.0 Å². The van der Waals surface area contributed by atoms with Gasteiger partial charge in [-0.3, -0.25) is 9.59 Å². The SMILES string of the molecule is COc1ccc2c(c1)C(=O)NCc1cnc(Nc3ccc(C(=O)N4CCC(N)C4)cc3)nc1-2. The second-order valence-electron chi connectivity index (χ2n) is 8.16. The Morgan fingerprint density at radius 2 is 2.03 bits per heavy atom. The van der Waals surface area contributed by atoms with Gasteiger partial charge >= 0.3 is 0 Å². The minimum atomic E-state index is -0.185. The molecule has 1 atom stereocenters. The molecule has 3 aromatic rings. The van der Waals surface area contributed by atoms with Crippen molar-refractivity contribution < 1.29 is 14.3 Å². The molecule has 2 aromatic carbocycles. The number of hydrogen-bond acceptors (Lipinski definition) is 7. The predicted molar refractivity (Wildman–Crippen MR) is 123 cm³/mol. The highest BCUT2D eigenvalue weighted by Crippen LogP contribution is 2.31. The highest BCUT2D eigenvalue weighted by atomic mass is 16.5. The van der Waals surface area contributed by atoms with Gasteiger partial charge in [-0.05, 0) is 48.9 Å². The number of likely N-dealkylation sites (tertiary alicyclic amines) is 1. The number of methoxy groups -OCH3 is 1. The van der Waals surface area contributed by atoms with E-state index < -0.39 is 0 Å². The zero-order valence-electron chi connectivity index (χ0n) is 18.2. The normalized spacial score (nSPS) is 17.0. The monoisotopic (exact) mass is 444 g/mol. The molecule has 1 saturated heterocycles. The molecule has 3 heterocycles. The van der Waals surface area contributed by atoms with Crippen LogP contribution in [-0.2, 0) is 6.54 Å². The van der Waals surface area contributed by atoms with Gasteiger partial charge in [-0.15, -0.1) is 0 Å².